The molecule has 0 aliphatic heterocycles. The normalized spacial score (nSPS) is 0. The van der Waals surface area contributed by atoms with Crippen LogP contribution in [0.1, 0.15) is 0 Å². The maximum atomic E-state index is 0. The van der Waals surface area contributed by atoms with Gasteiger partial charge in [0.25, 0.3) is 0 Å². The molecule has 4 heteroatoms. The molecule has 4 heavy (non-hydrogen) atoms. The zero-order valence-corrected chi connectivity index (χ0v) is 8.43. The Morgan fingerprint density at radius 3 is 1.00 bits per heavy atom. The molecular weight excluding hydrogens is 218 g/mol. The van der Waals surface area contributed by atoms with Gasteiger partial charge in [-0.25, -0.2) is 0 Å². The molecule has 0 amide bonds. The smallest absolute Gasteiger partial charge is 0 e. The van der Waals surface area contributed by atoms with Gasteiger partial charge in [0.05, 0.1) is 0 Å². The molecule has 0 heterocycles. The van der Waals surface area contributed by atoms with Crippen LogP contribution in [-0.4, -0.2) is 17.4 Å². The van der Waals surface area contributed by atoms with Gasteiger partial charge >= 0.3 is 0 Å². The standard InChI is InChI=1S/Al.Cr.Ti.Zr. The summed E-state index contributed by atoms with van der Waals surface area (Å²) in [6, 6.07) is 0. The van der Waals surface area contributed by atoms with Gasteiger partial charge < -0.3 is 0 Å². The Kier molecular flexibility index (Phi) is 131. The van der Waals surface area contributed by atoms with Crippen LogP contribution in [0.3, 0.4) is 0 Å². The molecule has 0 spiro atoms. The van der Waals surface area contributed by atoms with Crippen molar-refractivity contribution in [3.63, 3.8) is 0 Å². The molecule has 0 aromatic carbocycles. The third-order valence-electron chi connectivity index (χ3n) is 0. The van der Waals surface area contributed by atoms with Crippen molar-refractivity contribution in [3.05, 3.63) is 0 Å². The number of rotatable bonds is 0. The summed E-state index contributed by atoms with van der Waals surface area (Å²) < 4.78 is 0. The summed E-state index contributed by atoms with van der Waals surface area (Å²) in [5.41, 5.74) is 0. The van der Waals surface area contributed by atoms with Crippen molar-refractivity contribution in [1.29, 1.82) is 0 Å². The molecule has 0 bridgehead atoms. The minimum atomic E-state index is 0. The zero-order chi connectivity index (χ0) is 0. The van der Waals surface area contributed by atoms with Gasteiger partial charge in [-0.15, -0.1) is 0 Å². The molecule has 0 aromatic rings. The number of hydrogen-bond acceptors (Lipinski definition) is 0. The summed E-state index contributed by atoms with van der Waals surface area (Å²) in [6.07, 6.45) is 0. The van der Waals surface area contributed by atoms with Gasteiger partial charge in [0.15, 0.2) is 0 Å². The van der Waals surface area contributed by atoms with Gasteiger partial charge in [-0.1, -0.05) is 0 Å². The molecule has 17 valence electrons. The predicted octanol–water partition coefficient (Wildman–Crippen LogP) is -0.388. The number of hydrogen-bond donors (Lipinski definition) is 0. The molecule has 0 aliphatic rings. The van der Waals surface area contributed by atoms with Crippen molar-refractivity contribution in [1.82, 2.24) is 0 Å². The second-order valence-electron chi connectivity index (χ2n) is 0. The van der Waals surface area contributed by atoms with E-state index < -0.39 is 0 Å². The van der Waals surface area contributed by atoms with E-state index in [0.717, 1.165) is 0 Å². The van der Waals surface area contributed by atoms with Gasteiger partial charge in [0, 0.05) is 82.6 Å². The monoisotopic (exact) mass is 217 g/mol. The fourth-order valence-corrected chi connectivity index (χ4v) is 0. The fraction of sp³-hybridized carbons (Fsp3) is 0. The third-order valence-corrected chi connectivity index (χ3v) is 0. The quantitative estimate of drug-likeness (QED) is 0.486. The van der Waals surface area contributed by atoms with Crippen LogP contribution in [0.4, 0.5) is 0 Å². The van der Waals surface area contributed by atoms with Crippen LogP contribution in [0, 0.1) is 0 Å². The average molecular weight is 218 g/mol. The van der Waals surface area contributed by atoms with Crippen molar-refractivity contribution < 1.29 is 65.3 Å². The summed E-state index contributed by atoms with van der Waals surface area (Å²) in [5, 5.41) is 0. The van der Waals surface area contributed by atoms with E-state index in [-0.39, 0.29) is 82.6 Å². The molecule has 0 fully saturated rings. The first-order chi connectivity index (χ1) is 0. The first-order valence-electron chi connectivity index (χ1n) is 0. The molecule has 0 aromatic heterocycles. The van der Waals surface area contributed by atoms with E-state index in [0.29, 0.717) is 0 Å². The van der Waals surface area contributed by atoms with Gasteiger partial charge in [-0.05, 0) is 0 Å². The Morgan fingerprint density at radius 1 is 1.00 bits per heavy atom. The van der Waals surface area contributed by atoms with Crippen molar-refractivity contribution in [2.24, 2.45) is 0 Å². The molecule has 0 rings (SSSR count). The van der Waals surface area contributed by atoms with Crippen molar-refractivity contribution >= 4 is 17.4 Å². The first-order valence-corrected chi connectivity index (χ1v) is 0. The van der Waals surface area contributed by atoms with E-state index in [9.17, 15) is 0 Å². The van der Waals surface area contributed by atoms with Crippen LogP contribution in [0.2, 0.25) is 0 Å². The van der Waals surface area contributed by atoms with Crippen LogP contribution in [0.5, 0.6) is 0 Å². The molecule has 0 saturated carbocycles. The molecule has 0 atom stereocenters. The molecule has 0 aliphatic carbocycles. The average Bonchev–Trinajstić information content (AvgIpc) is 0. The largest absolute Gasteiger partial charge is 0 e. The molecule has 0 N–H and O–H groups in total. The van der Waals surface area contributed by atoms with Crippen LogP contribution in [0.15, 0.2) is 0 Å². The van der Waals surface area contributed by atoms with Gasteiger partial charge in [0.1, 0.15) is 0 Å². The topological polar surface area (TPSA) is 0 Å². The van der Waals surface area contributed by atoms with E-state index in [1.807, 2.05) is 0 Å². The van der Waals surface area contributed by atoms with Crippen LogP contribution < -0.4 is 0 Å². The second kappa shape index (κ2) is 17.4. The van der Waals surface area contributed by atoms with E-state index in [4.69, 9.17) is 0 Å². The molecule has 0 saturated heterocycles. The Labute approximate surface area is 81.4 Å². The van der Waals surface area contributed by atoms with Gasteiger partial charge in [-0.3, -0.25) is 0 Å². The molecular formula is AlCrTiZr. The predicted molar refractivity (Wildman–Crippen MR) is 5.75 cm³/mol. The van der Waals surface area contributed by atoms with E-state index in [2.05, 4.69) is 0 Å². The maximum absolute atomic E-state index is 0. The summed E-state index contributed by atoms with van der Waals surface area (Å²) in [4.78, 5) is 0. The minimum absolute atomic E-state index is 0. The summed E-state index contributed by atoms with van der Waals surface area (Å²) >= 11 is 0. The fourth-order valence-electron chi connectivity index (χ4n) is 0. The van der Waals surface area contributed by atoms with E-state index >= 15 is 0 Å². The Hall–Kier alpha value is 2.66. The van der Waals surface area contributed by atoms with E-state index in [1.165, 1.54) is 0 Å². The molecule has 0 nitrogen and oxygen atoms in total. The Morgan fingerprint density at radius 2 is 1.00 bits per heavy atom. The summed E-state index contributed by atoms with van der Waals surface area (Å²) in [6.45, 7) is 0. The van der Waals surface area contributed by atoms with Gasteiger partial charge in [-0.2, -0.15) is 0 Å². The minimum Gasteiger partial charge on any atom is 0 e. The van der Waals surface area contributed by atoms with Crippen LogP contribution >= 0.6 is 0 Å². The third kappa shape index (κ3) is 8.82. The summed E-state index contributed by atoms with van der Waals surface area (Å²) in [7, 11) is 0. The van der Waals surface area contributed by atoms with E-state index in [1.54, 1.807) is 0 Å². The molecule has 0 unspecified atom stereocenters. The molecule has 3 radical (unpaired) electrons. The van der Waals surface area contributed by atoms with Crippen molar-refractivity contribution in [2.75, 3.05) is 0 Å². The maximum Gasteiger partial charge on any atom is 0 e. The zero-order valence-electron chi connectivity index (χ0n) is 1.99. The SMILES string of the molecule is [Al].[Cr].[Ti].[Zr]. The van der Waals surface area contributed by atoms with Crippen LogP contribution in [-0.2, 0) is 65.3 Å². The van der Waals surface area contributed by atoms with Gasteiger partial charge in [0.2, 0.25) is 0 Å². The van der Waals surface area contributed by atoms with Crippen molar-refractivity contribution in [2.45, 2.75) is 0 Å². The summed E-state index contributed by atoms with van der Waals surface area (Å²) in [5.74, 6) is 0. The first kappa shape index (κ1) is 30.1. The van der Waals surface area contributed by atoms with Crippen molar-refractivity contribution in [3.8, 4) is 0 Å². The second-order valence-corrected chi connectivity index (χ2v) is 0. The Bertz CT molecular complexity index is 8.00. The Balaban J connectivity index is 0. The van der Waals surface area contributed by atoms with Crippen LogP contribution in [0.25, 0.3) is 0 Å².